The molecule has 0 aromatic rings. The van der Waals surface area contributed by atoms with Gasteiger partial charge in [-0.05, 0) is 31.5 Å². The summed E-state index contributed by atoms with van der Waals surface area (Å²) in [7, 11) is -0.126. The molecule has 0 radical (unpaired) electrons. The molecule has 0 N–H and O–H groups in total. The van der Waals surface area contributed by atoms with Crippen molar-refractivity contribution < 1.29 is 23.7 Å². The summed E-state index contributed by atoms with van der Waals surface area (Å²) < 4.78 is 23.3. The molecule has 21 heavy (non-hydrogen) atoms. The fraction of sp³-hybridized carbons (Fsp3) is 0.800. The summed E-state index contributed by atoms with van der Waals surface area (Å²) in [5.41, 5.74) is -0.00290. The Hall–Kier alpha value is -0.533. The molecular weight excluding hydrogens is 288 g/mol. The standard InChI is InChI=1S/C15H24O5Si/c1-8-10(21(5,6)7)11(16)15(8)12-9(13(17-4)20-15)18-14(2,3)19-12/h9,12-13H,1-7H3/t9-,12?,13?,15+/m0/s1. The molecule has 5 nitrogen and oxygen atoms in total. The van der Waals surface area contributed by atoms with E-state index in [0.717, 1.165) is 10.8 Å². The molecule has 6 heteroatoms. The zero-order valence-corrected chi connectivity index (χ0v) is 14.8. The minimum atomic E-state index is -1.69. The normalized spacial score (nSPS) is 41.7. The van der Waals surface area contributed by atoms with Crippen LogP contribution in [0.25, 0.3) is 0 Å². The third-order valence-corrected chi connectivity index (χ3v) is 6.68. The molecule has 0 amide bonds. The Labute approximate surface area is 126 Å². The largest absolute Gasteiger partial charge is 0.353 e. The molecule has 2 heterocycles. The maximum absolute atomic E-state index is 12.9. The van der Waals surface area contributed by atoms with Crippen LogP contribution in [0.5, 0.6) is 0 Å². The van der Waals surface area contributed by atoms with Crippen molar-refractivity contribution in [1.82, 2.24) is 0 Å². The van der Waals surface area contributed by atoms with Crippen molar-refractivity contribution >= 4 is 13.9 Å². The molecule has 0 aromatic carbocycles. The van der Waals surface area contributed by atoms with E-state index in [1.165, 1.54) is 0 Å². The molecule has 0 aromatic heterocycles. The molecule has 0 bridgehead atoms. The van der Waals surface area contributed by atoms with Crippen LogP contribution < -0.4 is 0 Å². The van der Waals surface area contributed by atoms with Crippen molar-refractivity contribution in [2.24, 2.45) is 0 Å². The van der Waals surface area contributed by atoms with Crippen molar-refractivity contribution in [3.05, 3.63) is 10.8 Å². The zero-order valence-electron chi connectivity index (χ0n) is 13.8. The monoisotopic (exact) mass is 312 g/mol. The highest BCUT2D eigenvalue weighted by atomic mass is 28.3. The van der Waals surface area contributed by atoms with Gasteiger partial charge in [0.25, 0.3) is 0 Å². The second-order valence-electron chi connectivity index (χ2n) is 7.56. The van der Waals surface area contributed by atoms with Crippen molar-refractivity contribution in [3.8, 4) is 0 Å². The lowest BCUT2D eigenvalue weighted by Gasteiger charge is -2.46. The molecule has 2 unspecified atom stereocenters. The first-order chi connectivity index (χ1) is 9.54. The zero-order chi connectivity index (χ0) is 15.8. The van der Waals surface area contributed by atoms with Gasteiger partial charge in [-0.25, -0.2) is 0 Å². The first-order valence-corrected chi connectivity index (χ1v) is 10.9. The molecular formula is C15H24O5Si. The number of carbonyl (C=O) groups excluding carboxylic acids is 1. The van der Waals surface area contributed by atoms with Crippen LogP contribution in [-0.2, 0) is 23.7 Å². The van der Waals surface area contributed by atoms with Gasteiger partial charge < -0.3 is 18.9 Å². The van der Waals surface area contributed by atoms with E-state index in [9.17, 15) is 4.79 Å². The van der Waals surface area contributed by atoms with Gasteiger partial charge in [0.1, 0.15) is 12.2 Å². The molecule has 2 aliphatic heterocycles. The maximum Gasteiger partial charge on any atom is 0.193 e. The summed E-state index contributed by atoms with van der Waals surface area (Å²) in [5.74, 6) is -0.659. The van der Waals surface area contributed by atoms with E-state index < -0.39 is 31.9 Å². The first-order valence-electron chi connectivity index (χ1n) is 7.37. The minimum Gasteiger partial charge on any atom is -0.353 e. The van der Waals surface area contributed by atoms with Gasteiger partial charge in [-0.1, -0.05) is 19.6 Å². The Morgan fingerprint density at radius 1 is 1.14 bits per heavy atom. The quantitative estimate of drug-likeness (QED) is 0.730. The molecule has 3 rings (SSSR count). The Bertz CT molecular complexity index is 533. The highest BCUT2D eigenvalue weighted by Crippen LogP contribution is 2.55. The van der Waals surface area contributed by atoms with Gasteiger partial charge in [-0.15, -0.1) is 0 Å². The number of carbonyl (C=O) groups is 1. The third-order valence-electron chi connectivity index (χ3n) is 4.58. The summed E-state index contributed by atoms with van der Waals surface area (Å²) in [6.45, 7) is 12.2. The van der Waals surface area contributed by atoms with Crippen LogP contribution in [0.4, 0.5) is 0 Å². The van der Waals surface area contributed by atoms with Crippen LogP contribution in [0, 0.1) is 0 Å². The summed E-state index contributed by atoms with van der Waals surface area (Å²) in [5, 5.41) is 0.964. The van der Waals surface area contributed by atoms with Crippen LogP contribution in [0.1, 0.15) is 20.8 Å². The van der Waals surface area contributed by atoms with Gasteiger partial charge in [0.15, 0.2) is 23.5 Å². The van der Waals surface area contributed by atoms with Gasteiger partial charge in [-0.3, -0.25) is 4.79 Å². The van der Waals surface area contributed by atoms with E-state index in [4.69, 9.17) is 18.9 Å². The van der Waals surface area contributed by atoms with Crippen LogP contribution in [0.2, 0.25) is 19.6 Å². The van der Waals surface area contributed by atoms with Crippen molar-refractivity contribution in [3.63, 3.8) is 0 Å². The maximum atomic E-state index is 12.9. The Kier molecular flexibility index (Phi) is 3.12. The van der Waals surface area contributed by atoms with Crippen LogP contribution in [0.15, 0.2) is 10.8 Å². The summed E-state index contributed by atoms with van der Waals surface area (Å²) in [4.78, 5) is 12.9. The van der Waals surface area contributed by atoms with Crippen LogP contribution in [0.3, 0.4) is 0 Å². The number of fused-ring (bicyclic) bond motifs is 2. The Morgan fingerprint density at radius 2 is 1.76 bits per heavy atom. The van der Waals surface area contributed by atoms with Gasteiger partial charge in [-0.2, -0.15) is 0 Å². The number of methoxy groups -OCH3 is 1. The van der Waals surface area contributed by atoms with Crippen molar-refractivity contribution in [1.29, 1.82) is 0 Å². The van der Waals surface area contributed by atoms with Gasteiger partial charge in [0, 0.05) is 7.11 Å². The van der Waals surface area contributed by atoms with E-state index in [0.29, 0.717) is 0 Å². The van der Waals surface area contributed by atoms with Crippen molar-refractivity contribution in [2.75, 3.05) is 7.11 Å². The van der Waals surface area contributed by atoms with Crippen LogP contribution in [-0.4, -0.2) is 50.9 Å². The number of hydrogen-bond donors (Lipinski definition) is 0. The lowest BCUT2D eigenvalue weighted by molar-refractivity contribution is -0.241. The Morgan fingerprint density at radius 3 is 2.24 bits per heavy atom. The number of Topliss-reactive ketones (excluding diaryl/α,β-unsaturated/α-hetero) is 1. The number of ketones is 1. The average molecular weight is 312 g/mol. The molecule has 118 valence electrons. The van der Waals surface area contributed by atoms with Crippen LogP contribution >= 0.6 is 0 Å². The number of hydrogen-bond acceptors (Lipinski definition) is 5. The van der Waals surface area contributed by atoms with Crippen molar-refractivity contribution in [2.45, 2.75) is 70.3 Å². The summed E-state index contributed by atoms with van der Waals surface area (Å²) in [6.07, 6.45) is -1.36. The second kappa shape index (κ2) is 4.26. The SMILES string of the molecule is COC1O[C@]2(C(=O)C([Si](C)(C)C)=C2C)C2OC(C)(C)O[C@H]12. The van der Waals surface area contributed by atoms with E-state index >= 15 is 0 Å². The van der Waals surface area contributed by atoms with Gasteiger partial charge in [0.05, 0.1) is 8.07 Å². The highest BCUT2D eigenvalue weighted by Gasteiger charge is 2.72. The predicted molar refractivity (Wildman–Crippen MR) is 79.5 cm³/mol. The molecule has 2 saturated heterocycles. The van der Waals surface area contributed by atoms with Gasteiger partial charge in [0.2, 0.25) is 0 Å². The smallest absolute Gasteiger partial charge is 0.193 e. The lowest BCUT2D eigenvalue weighted by atomic mass is 9.74. The minimum absolute atomic E-state index is 0.0648. The molecule has 1 spiro atoms. The molecule has 2 fully saturated rings. The second-order valence-corrected chi connectivity index (χ2v) is 12.6. The topological polar surface area (TPSA) is 54.0 Å². The average Bonchev–Trinajstić information content (AvgIpc) is 2.79. The summed E-state index contributed by atoms with van der Waals surface area (Å²) in [6, 6.07) is 0. The van der Waals surface area contributed by atoms with Gasteiger partial charge >= 0.3 is 0 Å². The van der Waals surface area contributed by atoms with E-state index in [1.54, 1.807) is 7.11 Å². The van der Waals surface area contributed by atoms with E-state index in [-0.39, 0.29) is 11.9 Å². The van der Waals surface area contributed by atoms with E-state index in [2.05, 4.69) is 19.6 Å². The molecule has 3 aliphatic rings. The van der Waals surface area contributed by atoms with E-state index in [1.807, 2.05) is 20.8 Å². The molecule has 4 atom stereocenters. The first kappa shape index (κ1) is 15.4. The highest BCUT2D eigenvalue weighted by molar-refractivity contribution is 6.88. The fourth-order valence-corrected chi connectivity index (χ4v) is 6.02. The fourth-order valence-electron chi connectivity index (χ4n) is 3.84. The third kappa shape index (κ3) is 1.86. The lowest BCUT2D eigenvalue weighted by Crippen LogP contribution is -2.62. The molecule has 0 saturated carbocycles. The Balaban J connectivity index is 2.04. The number of rotatable bonds is 2. The number of ether oxygens (including phenoxy) is 4. The predicted octanol–water partition coefficient (Wildman–Crippen LogP) is 2.02. The summed E-state index contributed by atoms with van der Waals surface area (Å²) >= 11 is 0. The molecule has 1 aliphatic carbocycles.